The highest BCUT2D eigenvalue weighted by Gasteiger charge is 2.12. The third-order valence-corrected chi connectivity index (χ3v) is 2.62. The van der Waals surface area contributed by atoms with Gasteiger partial charge in [-0.15, -0.1) is 0 Å². The monoisotopic (exact) mass is 255 g/mol. The first kappa shape index (κ1) is 14.7. The molecule has 0 saturated carbocycles. The van der Waals surface area contributed by atoms with Crippen molar-refractivity contribution in [2.45, 2.75) is 26.4 Å². The topological polar surface area (TPSA) is 67.6 Å². The summed E-state index contributed by atoms with van der Waals surface area (Å²) in [5.74, 6) is -0.826. The lowest BCUT2D eigenvalue weighted by molar-refractivity contribution is -0.138. The van der Waals surface area contributed by atoms with Crippen LogP contribution >= 0.6 is 0 Å². The number of carbonyl (C=O) groups is 1. The number of aromatic nitrogens is 2. The Bertz CT molecular complexity index is 365. The van der Waals surface area contributed by atoms with Crippen LogP contribution in [0.4, 0.5) is 0 Å². The smallest absolute Gasteiger partial charge is 0.317 e. The summed E-state index contributed by atoms with van der Waals surface area (Å²) >= 11 is 0. The van der Waals surface area contributed by atoms with Crippen LogP contribution in [0.2, 0.25) is 0 Å². The summed E-state index contributed by atoms with van der Waals surface area (Å²) in [6.07, 6.45) is 4.60. The maximum atomic E-state index is 10.8. The Morgan fingerprint density at radius 1 is 1.61 bits per heavy atom. The largest absolute Gasteiger partial charge is 0.480 e. The van der Waals surface area contributed by atoms with Crippen LogP contribution in [-0.2, 0) is 22.6 Å². The molecule has 0 bridgehead atoms. The van der Waals surface area contributed by atoms with E-state index in [0.29, 0.717) is 19.7 Å². The van der Waals surface area contributed by atoms with Gasteiger partial charge in [-0.1, -0.05) is 6.92 Å². The minimum Gasteiger partial charge on any atom is -0.480 e. The molecule has 0 aliphatic heterocycles. The summed E-state index contributed by atoms with van der Waals surface area (Å²) in [5, 5.41) is 8.88. The molecule has 18 heavy (non-hydrogen) atoms. The Hall–Kier alpha value is -1.40. The fourth-order valence-corrected chi connectivity index (χ4v) is 1.78. The average Bonchev–Trinajstić information content (AvgIpc) is 2.73. The summed E-state index contributed by atoms with van der Waals surface area (Å²) in [6, 6.07) is 0. The number of hydrogen-bond acceptors (Lipinski definition) is 4. The predicted octanol–water partition coefficient (Wildman–Crippen LogP) is 0.826. The molecule has 1 rings (SSSR count). The van der Waals surface area contributed by atoms with Crippen molar-refractivity contribution in [3.8, 4) is 0 Å². The molecule has 0 amide bonds. The minimum absolute atomic E-state index is 0.0145. The van der Waals surface area contributed by atoms with E-state index >= 15 is 0 Å². The molecule has 0 spiro atoms. The van der Waals surface area contributed by atoms with E-state index in [1.54, 1.807) is 19.6 Å². The van der Waals surface area contributed by atoms with Crippen LogP contribution < -0.4 is 0 Å². The first-order valence-corrected chi connectivity index (χ1v) is 6.09. The van der Waals surface area contributed by atoms with Gasteiger partial charge in [0.25, 0.3) is 0 Å². The van der Waals surface area contributed by atoms with Gasteiger partial charge in [-0.2, -0.15) is 0 Å². The van der Waals surface area contributed by atoms with Crippen molar-refractivity contribution in [3.63, 3.8) is 0 Å². The van der Waals surface area contributed by atoms with Gasteiger partial charge in [0.2, 0.25) is 0 Å². The van der Waals surface area contributed by atoms with Gasteiger partial charge in [0.1, 0.15) is 0 Å². The molecule has 0 unspecified atom stereocenters. The minimum atomic E-state index is -0.826. The standard InChI is InChI=1S/C12H21N3O3/c1-3-4-15-10-13-7-11(15)8-14(5-6-18-2)9-12(16)17/h7,10H,3-6,8-9H2,1-2H3,(H,16,17). The van der Waals surface area contributed by atoms with Gasteiger partial charge in [-0.25, -0.2) is 4.98 Å². The number of imidazole rings is 1. The van der Waals surface area contributed by atoms with E-state index in [9.17, 15) is 4.79 Å². The van der Waals surface area contributed by atoms with Crippen molar-refractivity contribution in [2.24, 2.45) is 0 Å². The van der Waals surface area contributed by atoms with E-state index in [0.717, 1.165) is 18.7 Å². The van der Waals surface area contributed by atoms with Crippen LogP contribution in [0.1, 0.15) is 19.0 Å². The van der Waals surface area contributed by atoms with Crippen molar-refractivity contribution in [2.75, 3.05) is 26.8 Å². The molecule has 1 heterocycles. The average molecular weight is 255 g/mol. The van der Waals surface area contributed by atoms with Crippen LogP contribution in [0.15, 0.2) is 12.5 Å². The first-order valence-electron chi connectivity index (χ1n) is 6.09. The third kappa shape index (κ3) is 4.85. The third-order valence-electron chi connectivity index (χ3n) is 2.62. The Morgan fingerprint density at radius 3 is 3.00 bits per heavy atom. The number of rotatable bonds is 9. The number of methoxy groups -OCH3 is 1. The normalized spacial score (nSPS) is 11.1. The van der Waals surface area contributed by atoms with E-state index in [-0.39, 0.29) is 6.54 Å². The molecule has 0 fully saturated rings. The number of ether oxygens (including phenoxy) is 1. The lowest BCUT2D eigenvalue weighted by Crippen LogP contribution is -2.33. The number of hydrogen-bond donors (Lipinski definition) is 1. The molecule has 1 aromatic heterocycles. The fourth-order valence-electron chi connectivity index (χ4n) is 1.78. The molecular formula is C12H21N3O3. The quantitative estimate of drug-likeness (QED) is 0.707. The highest BCUT2D eigenvalue weighted by molar-refractivity contribution is 5.69. The van der Waals surface area contributed by atoms with Gasteiger partial charge in [-0.3, -0.25) is 9.69 Å². The Kier molecular flexibility index (Phi) is 6.38. The van der Waals surface area contributed by atoms with Crippen LogP contribution in [0.25, 0.3) is 0 Å². The number of aryl methyl sites for hydroxylation is 1. The molecule has 0 aliphatic rings. The zero-order valence-electron chi connectivity index (χ0n) is 11.0. The van der Waals surface area contributed by atoms with E-state index in [4.69, 9.17) is 9.84 Å². The lowest BCUT2D eigenvalue weighted by atomic mass is 10.3. The maximum Gasteiger partial charge on any atom is 0.317 e. The fraction of sp³-hybridized carbons (Fsp3) is 0.667. The Morgan fingerprint density at radius 2 is 2.39 bits per heavy atom. The van der Waals surface area contributed by atoms with E-state index in [2.05, 4.69) is 16.5 Å². The summed E-state index contributed by atoms with van der Waals surface area (Å²) in [7, 11) is 1.61. The van der Waals surface area contributed by atoms with Crippen LogP contribution in [0.5, 0.6) is 0 Å². The lowest BCUT2D eigenvalue weighted by Gasteiger charge is -2.20. The van der Waals surface area contributed by atoms with Gasteiger partial charge in [0.15, 0.2) is 0 Å². The SMILES string of the molecule is CCCn1cncc1CN(CCOC)CC(=O)O. The number of nitrogens with zero attached hydrogens (tertiary/aromatic N) is 3. The highest BCUT2D eigenvalue weighted by Crippen LogP contribution is 2.05. The van der Waals surface area contributed by atoms with Crippen molar-refractivity contribution in [1.82, 2.24) is 14.5 Å². The zero-order chi connectivity index (χ0) is 13.4. The molecule has 1 aromatic rings. The van der Waals surface area contributed by atoms with Gasteiger partial charge in [-0.05, 0) is 6.42 Å². The summed E-state index contributed by atoms with van der Waals surface area (Å²) in [6.45, 7) is 4.72. The van der Waals surface area contributed by atoms with Gasteiger partial charge < -0.3 is 14.4 Å². The molecular weight excluding hydrogens is 234 g/mol. The molecule has 0 atom stereocenters. The maximum absolute atomic E-state index is 10.8. The second kappa shape index (κ2) is 7.84. The molecule has 0 saturated heterocycles. The first-order chi connectivity index (χ1) is 8.67. The van der Waals surface area contributed by atoms with E-state index in [1.165, 1.54) is 0 Å². The second-order valence-electron chi connectivity index (χ2n) is 4.18. The predicted molar refractivity (Wildman–Crippen MR) is 67.3 cm³/mol. The number of carboxylic acids is 1. The Balaban J connectivity index is 2.62. The molecule has 1 N–H and O–H groups in total. The van der Waals surface area contributed by atoms with Crippen LogP contribution in [0.3, 0.4) is 0 Å². The molecule has 0 aromatic carbocycles. The van der Waals surface area contributed by atoms with Crippen molar-refractivity contribution >= 4 is 5.97 Å². The number of aliphatic carboxylic acids is 1. The highest BCUT2D eigenvalue weighted by atomic mass is 16.5. The van der Waals surface area contributed by atoms with E-state index in [1.807, 2.05) is 4.90 Å². The van der Waals surface area contributed by atoms with Gasteiger partial charge in [0, 0.05) is 32.9 Å². The zero-order valence-corrected chi connectivity index (χ0v) is 11.0. The molecule has 102 valence electrons. The summed E-state index contributed by atoms with van der Waals surface area (Å²) < 4.78 is 7.05. The Labute approximate surface area is 107 Å². The van der Waals surface area contributed by atoms with Crippen molar-refractivity contribution in [3.05, 3.63) is 18.2 Å². The number of carboxylic acid groups (broad SMARTS) is 1. The summed E-state index contributed by atoms with van der Waals surface area (Å²) in [4.78, 5) is 16.8. The van der Waals surface area contributed by atoms with Crippen LogP contribution in [-0.4, -0.2) is 52.3 Å². The van der Waals surface area contributed by atoms with Gasteiger partial charge >= 0.3 is 5.97 Å². The van der Waals surface area contributed by atoms with Crippen molar-refractivity contribution < 1.29 is 14.6 Å². The second-order valence-corrected chi connectivity index (χ2v) is 4.18. The molecule has 6 nitrogen and oxygen atoms in total. The van der Waals surface area contributed by atoms with E-state index < -0.39 is 5.97 Å². The van der Waals surface area contributed by atoms with Crippen LogP contribution in [0, 0.1) is 0 Å². The van der Waals surface area contributed by atoms with Gasteiger partial charge in [0.05, 0.1) is 25.2 Å². The summed E-state index contributed by atoms with van der Waals surface area (Å²) in [5.41, 5.74) is 1.04. The molecule has 0 aliphatic carbocycles. The van der Waals surface area contributed by atoms with Crippen molar-refractivity contribution in [1.29, 1.82) is 0 Å². The molecule has 0 radical (unpaired) electrons. The molecule has 6 heteroatoms.